The van der Waals surface area contributed by atoms with Crippen molar-refractivity contribution in [2.45, 2.75) is 37.8 Å². The summed E-state index contributed by atoms with van der Waals surface area (Å²) < 4.78 is 6.09. The van der Waals surface area contributed by atoms with E-state index in [0.29, 0.717) is 29.1 Å². The zero-order valence-corrected chi connectivity index (χ0v) is 12.9. The van der Waals surface area contributed by atoms with Crippen molar-refractivity contribution in [1.29, 1.82) is 0 Å². The molecular weight excluding hydrogens is 324 g/mol. The summed E-state index contributed by atoms with van der Waals surface area (Å²) in [5.74, 6) is 1.29. The van der Waals surface area contributed by atoms with Crippen LogP contribution in [0.3, 0.4) is 0 Å². The van der Waals surface area contributed by atoms with Crippen LogP contribution in [0.2, 0.25) is 0 Å². The Morgan fingerprint density at radius 2 is 2.15 bits per heavy atom. The average Bonchev–Trinajstić information content (AvgIpc) is 2.47. The Bertz CT molecular complexity index is 517. The number of nitrogens with one attached hydrogen (secondary N) is 1. The molecular formula is C13H17BrN4O2. The molecule has 0 spiro atoms. The van der Waals surface area contributed by atoms with E-state index in [1.807, 2.05) is 0 Å². The second kappa shape index (κ2) is 5.65. The molecule has 1 saturated carbocycles. The van der Waals surface area contributed by atoms with Crippen LogP contribution < -0.4 is 10.2 Å². The molecule has 1 N–H and O–H groups in total. The summed E-state index contributed by atoms with van der Waals surface area (Å²) in [4.78, 5) is 22.6. The molecule has 0 saturated heterocycles. The third-order valence-electron chi connectivity index (χ3n) is 3.99. The first-order valence-electron chi connectivity index (χ1n) is 6.79. The molecule has 20 heavy (non-hydrogen) atoms. The zero-order chi connectivity index (χ0) is 14.1. The molecule has 3 rings (SSSR count). The Morgan fingerprint density at radius 1 is 1.40 bits per heavy atom. The number of fused-ring (bicyclic) bond motifs is 1. The van der Waals surface area contributed by atoms with Crippen LogP contribution in [0.15, 0.2) is 10.8 Å². The number of rotatable bonds is 2. The number of carbonyl (C=O) groups is 1. The van der Waals surface area contributed by atoms with Gasteiger partial charge in [-0.05, 0) is 41.6 Å². The lowest BCUT2D eigenvalue weighted by molar-refractivity contribution is -0.115. The normalized spacial score (nSPS) is 26.1. The lowest BCUT2D eigenvalue weighted by Gasteiger charge is -2.39. The largest absolute Gasteiger partial charge is 0.381 e. The first-order chi connectivity index (χ1) is 9.67. The van der Waals surface area contributed by atoms with Gasteiger partial charge in [-0.3, -0.25) is 4.79 Å². The summed E-state index contributed by atoms with van der Waals surface area (Å²) in [6.45, 7) is 0.348. The van der Waals surface area contributed by atoms with Crippen LogP contribution in [0.5, 0.6) is 0 Å². The fourth-order valence-electron chi connectivity index (χ4n) is 2.94. The molecule has 1 fully saturated rings. The van der Waals surface area contributed by atoms with Crippen molar-refractivity contribution in [3.05, 3.63) is 10.8 Å². The van der Waals surface area contributed by atoms with E-state index in [-0.39, 0.29) is 5.91 Å². The van der Waals surface area contributed by atoms with E-state index in [9.17, 15) is 4.79 Å². The number of aromatic nitrogens is 2. The molecule has 0 unspecified atom stereocenters. The molecule has 0 aromatic carbocycles. The fraction of sp³-hybridized carbons (Fsp3) is 0.615. The Morgan fingerprint density at radius 3 is 2.85 bits per heavy atom. The Hall–Kier alpha value is -1.21. The maximum Gasteiger partial charge on any atom is 0.245 e. The molecule has 0 bridgehead atoms. The Balaban J connectivity index is 1.83. The number of ether oxygens (including phenoxy) is 1. The quantitative estimate of drug-likeness (QED) is 0.891. The minimum atomic E-state index is -0.0250. The number of hydrogen-bond acceptors (Lipinski definition) is 5. The van der Waals surface area contributed by atoms with Crippen molar-refractivity contribution in [2.75, 3.05) is 23.9 Å². The minimum Gasteiger partial charge on any atom is -0.381 e. The number of carbonyl (C=O) groups excluding carboxylic acids is 1. The summed E-state index contributed by atoms with van der Waals surface area (Å²) in [5.41, 5.74) is 0. The van der Waals surface area contributed by atoms with Gasteiger partial charge >= 0.3 is 0 Å². The summed E-state index contributed by atoms with van der Waals surface area (Å²) in [6.07, 6.45) is 6.02. The summed E-state index contributed by atoms with van der Waals surface area (Å²) >= 11 is 3.34. The van der Waals surface area contributed by atoms with E-state index >= 15 is 0 Å². The van der Waals surface area contributed by atoms with Crippen LogP contribution in [-0.2, 0) is 9.53 Å². The summed E-state index contributed by atoms with van der Waals surface area (Å²) in [6, 6.07) is 0.329. The monoisotopic (exact) mass is 340 g/mol. The zero-order valence-electron chi connectivity index (χ0n) is 11.3. The predicted octanol–water partition coefficient (Wildman–Crippen LogP) is 1.96. The van der Waals surface area contributed by atoms with Gasteiger partial charge in [-0.2, -0.15) is 0 Å². The Kier molecular flexibility index (Phi) is 3.89. The molecule has 2 aliphatic rings. The van der Waals surface area contributed by atoms with Crippen molar-refractivity contribution in [3.8, 4) is 0 Å². The molecule has 6 nitrogen and oxygen atoms in total. The first kappa shape index (κ1) is 13.8. The van der Waals surface area contributed by atoms with E-state index in [4.69, 9.17) is 4.74 Å². The molecule has 1 aromatic rings. The lowest BCUT2D eigenvalue weighted by atomic mass is 9.91. The lowest BCUT2D eigenvalue weighted by Crippen LogP contribution is -2.47. The molecule has 1 aromatic heterocycles. The number of hydrogen-bond donors (Lipinski definition) is 1. The highest BCUT2D eigenvalue weighted by Crippen LogP contribution is 2.33. The van der Waals surface area contributed by atoms with Crippen LogP contribution in [0.25, 0.3) is 0 Å². The van der Waals surface area contributed by atoms with Gasteiger partial charge < -0.3 is 15.0 Å². The highest BCUT2D eigenvalue weighted by molar-refractivity contribution is 9.10. The molecule has 2 heterocycles. The number of nitrogens with zero attached hydrogens (tertiary/aromatic N) is 3. The topological polar surface area (TPSA) is 67.3 Å². The van der Waals surface area contributed by atoms with E-state index in [2.05, 4.69) is 36.1 Å². The van der Waals surface area contributed by atoms with Crippen LogP contribution in [-0.4, -0.2) is 41.7 Å². The van der Waals surface area contributed by atoms with Crippen LogP contribution in [0, 0.1) is 0 Å². The van der Waals surface area contributed by atoms with Gasteiger partial charge in [0.05, 0.1) is 18.8 Å². The van der Waals surface area contributed by atoms with Gasteiger partial charge in [-0.1, -0.05) is 0 Å². The fourth-order valence-corrected chi connectivity index (χ4v) is 3.21. The average molecular weight is 341 g/mol. The van der Waals surface area contributed by atoms with Crippen LogP contribution >= 0.6 is 15.9 Å². The number of halogens is 1. The molecule has 1 amide bonds. The van der Waals surface area contributed by atoms with Crippen molar-refractivity contribution < 1.29 is 9.53 Å². The predicted molar refractivity (Wildman–Crippen MR) is 78.8 cm³/mol. The van der Waals surface area contributed by atoms with Gasteiger partial charge in [0, 0.05) is 13.2 Å². The maximum absolute atomic E-state index is 11.8. The standard InChI is InChI=1S/C13H17BrN4O2/c1-20-9-4-2-8(3-5-9)18-7-11(19)17-12-13(18)16-10(14)6-15-12/h6,8-9H,2-5,7H2,1H3,(H,15,17,19). The minimum absolute atomic E-state index is 0.0250. The number of amides is 1. The van der Waals surface area contributed by atoms with E-state index in [1.165, 1.54) is 0 Å². The van der Waals surface area contributed by atoms with Gasteiger partial charge in [0.15, 0.2) is 11.6 Å². The summed E-state index contributed by atoms with van der Waals surface area (Å²) in [7, 11) is 1.76. The van der Waals surface area contributed by atoms with Gasteiger partial charge in [0.1, 0.15) is 4.60 Å². The van der Waals surface area contributed by atoms with Crippen molar-refractivity contribution in [2.24, 2.45) is 0 Å². The molecule has 7 heteroatoms. The number of methoxy groups -OCH3 is 1. The van der Waals surface area contributed by atoms with E-state index in [0.717, 1.165) is 31.5 Å². The smallest absolute Gasteiger partial charge is 0.245 e. The van der Waals surface area contributed by atoms with Gasteiger partial charge in [0.2, 0.25) is 5.91 Å². The second-order valence-electron chi connectivity index (χ2n) is 5.21. The van der Waals surface area contributed by atoms with E-state index in [1.54, 1.807) is 13.3 Å². The maximum atomic E-state index is 11.8. The summed E-state index contributed by atoms with van der Waals surface area (Å²) in [5, 5.41) is 2.78. The van der Waals surface area contributed by atoms with Gasteiger partial charge in [-0.15, -0.1) is 0 Å². The van der Waals surface area contributed by atoms with E-state index < -0.39 is 0 Å². The molecule has 108 valence electrons. The molecule has 0 radical (unpaired) electrons. The molecule has 0 atom stereocenters. The van der Waals surface area contributed by atoms with Crippen LogP contribution in [0.1, 0.15) is 25.7 Å². The SMILES string of the molecule is COC1CCC(N2CC(=O)Nc3ncc(Br)nc32)CC1. The van der Waals surface area contributed by atoms with Crippen molar-refractivity contribution >= 4 is 33.5 Å². The van der Waals surface area contributed by atoms with Gasteiger partial charge in [-0.25, -0.2) is 9.97 Å². The highest BCUT2D eigenvalue weighted by Gasteiger charge is 2.32. The third-order valence-corrected chi connectivity index (χ3v) is 4.37. The second-order valence-corrected chi connectivity index (χ2v) is 6.02. The van der Waals surface area contributed by atoms with Gasteiger partial charge in [0.25, 0.3) is 0 Å². The van der Waals surface area contributed by atoms with Crippen LogP contribution in [0.4, 0.5) is 11.6 Å². The highest BCUT2D eigenvalue weighted by atomic mass is 79.9. The molecule has 1 aliphatic carbocycles. The van der Waals surface area contributed by atoms with Crippen molar-refractivity contribution in [3.63, 3.8) is 0 Å². The molecule has 1 aliphatic heterocycles. The Labute approximate surface area is 126 Å². The first-order valence-corrected chi connectivity index (χ1v) is 7.58. The third kappa shape index (κ3) is 2.64. The number of anilines is 2. The van der Waals surface area contributed by atoms with Crippen molar-refractivity contribution in [1.82, 2.24) is 9.97 Å².